The molecular formula is C32H43N3O2S. The molecular weight excluding hydrogens is 490 g/mol. The summed E-state index contributed by atoms with van der Waals surface area (Å²) in [6.45, 7) is 13.7. The smallest absolute Gasteiger partial charge is 0.175 e. The van der Waals surface area contributed by atoms with Gasteiger partial charge >= 0.3 is 0 Å². The van der Waals surface area contributed by atoms with E-state index >= 15 is 0 Å². The fraction of sp³-hybridized carbons (Fsp3) is 0.531. The molecule has 5 nitrogen and oxygen atoms in total. The van der Waals surface area contributed by atoms with Gasteiger partial charge in [-0.3, -0.25) is 0 Å². The van der Waals surface area contributed by atoms with Crippen molar-refractivity contribution in [3.05, 3.63) is 58.9 Å². The maximum absolute atomic E-state index is 11.9. The van der Waals surface area contributed by atoms with Gasteiger partial charge in [-0.05, 0) is 92.1 Å². The fourth-order valence-corrected chi connectivity index (χ4v) is 7.09. The molecule has 2 aliphatic heterocycles. The van der Waals surface area contributed by atoms with E-state index in [4.69, 9.17) is 4.98 Å². The fourth-order valence-electron chi connectivity index (χ4n) is 6.46. The number of nitrogens with zero attached hydrogens (tertiary/aromatic N) is 2. The van der Waals surface area contributed by atoms with Crippen molar-refractivity contribution in [2.24, 2.45) is 5.92 Å². The summed E-state index contributed by atoms with van der Waals surface area (Å²) >= 11 is 0. The second-order valence-corrected chi connectivity index (χ2v) is 14.8. The van der Waals surface area contributed by atoms with Crippen LogP contribution in [0.2, 0.25) is 0 Å². The average molecular weight is 534 g/mol. The Labute approximate surface area is 228 Å². The van der Waals surface area contributed by atoms with E-state index in [2.05, 4.69) is 62.7 Å². The SMILES string of the molecule is CC(C)C(=Cc1ccc2[nH]c(C(C)(C)C)c(C3CCN4CCCCC4C3)c2n1)c1ccc(S(C)(=O)=O)cc1. The molecule has 204 valence electrons. The molecule has 0 saturated carbocycles. The van der Waals surface area contributed by atoms with E-state index in [0.717, 1.165) is 27.9 Å². The van der Waals surface area contributed by atoms with Gasteiger partial charge in [0.25, 0.3) is 0 Å². The molecule has 0 radical (unpaired) electrons. The maximum Gasteiger partial charge on any atom is 0.175 e. The molecule has 2 unspecified atom stereocenters. The number of benzene rings is 1. The number of nitrogens with one attached hydrogen (secondary N) is 1. The minimum Gasteiger partial charge on any atom is -0.356 e. The van der Waals surface area contributed by atoms with E-state index in [1.807, 2.05) is 12.1 Å². The van der Waals surface area contributed by atoms with Crippen LogP contribution in [0.15, 0.2) is 41.3 Å². The van der Waals surface area contributed by atoms with Crippen molar-refractivity contribution in [3.63, 3.8) is 0 Å². The predicted octanol–water partition coefficient (Wildman–Crippen LogP) is 7.19. The Kier molecular flexibility index (Phi) is 7.34. The lowest BCUT2D eigenvalue weighted by Gasteiger charge is -2.43. The Balaban J connectivity index is 1.57. The highest BCUT2D eigenvalue weighted by Gasteiger charge is 2.35. The highest BCUT2D eigenvalue weighted by molar-refractivity contribution is 7.90. The molecule has 0 amide bonds. The first kappa shape index (κ1) is 27.1. The van der Waals surface area contributed by atoms with Crippen LogP contribution in [-0.4, -0.2) is 48.7 Å². The number of H-pyrrole nitrogens is 1. The number of pyridine rings is 1. The van der Waals surface area contributed by atoms with E-state index in [-0.39, 0.29) is 11.3 Å². The summed E-state index contributed by atoms with van der Waals surface area (Å²) < 4.78 is 23.9. The number of allylic oxidation sites excluding steroid dienone is 1. The van der Waals surface area contributed by atoms with Gasteiger partial charge in [-0.2, -0.15) is 0 Å². The Morgan fingerprint density at radius 3 is 2.45 bits per heavy atom. The van der Waals surface area contributed by atoms with Gasteiger partial charge in [0.2, 0.25) is 0 Å². The van der Waals surface area contributed by atoms with Crippen molar-refractivity contribution in [3.8, 4) is 0 Å². The van der Waals surface area contributed by atoms with Crippen molar-refractivity contribution >= 4 is 32.5 Å². The molecule has 2 fully saturated rings. The van der Waals surface area contributed by atoms with Crippen LogP contribution in [-0.2, 0) is 15.3 Å². The van der Waals surface area contributed by atoms with Crippen LogP contribution in [0.3, 0.4) is 0 Å². The number of sulfone groups is 1. The Morgan fingerprint density at radius 1 is 1.05 bits per heavy atom. The molecule has 1 N–H and O–H groups in total. The third-order valence-electron chi connectivity index (χ3n) is 8.47. The van der Waals surface area contributed by atoms with Crippen LogP contribution in [0, 0.1) is 5.92 Å². The van der Waals surface area contributed by atoms with Gasteiger partial charge < -0.3 is 9.88 Å². The van der Waals surface area contributed by atoms with E-state index in [0.29, 0.717) is 16.9 Å². The van der Waals surface area contributed by atoms with Crippen molar-refractivity contribution in [1.29, 1.82) is 0 Å². The summed E-state index contributed by atoms with van der Waals surface area (Å²) in [6.07, 6.45) is 9.86. The van der Waals surface area contributed by atoms with Crippen molar-refractivity contribution in [2.45, 2.75) is 89.0 Å². The molecule has 1 aromatic carbocycles. The highest BCUT2D eigenvalue weighted by Crippen LogP contribution is 2.43. The van der Waals surface area contributed by atoms with Gasteiger partial charge in [0.1, 0.15) is 0 Å². The average Bonchev–Trinajstić information content (AvgIpc) is 3.26. The Bertz CT molecular complexity index is 1440. The largest absolute Gasteiger partial charge is 0.356 e. The predicted molar refractivity (Wildman–Crippen MR) is 158 cm³/mol. The molecule has 3 aromatic rings. The molecule has 2 aromatic heterocycles. The highest BCUT2D eigenvalue weighted by atomic mass is 32.2. The summed E-state index contributed by atoms with van der Waals surface area (Å²) in [5.74, 6) is 0.792. The summed E-state index contributed by atoms with van der Waals surface area (Å²) in [6, 6.07) is 12.2. The zero-order chi connectivity index (χ0) is 27.2. The van der Waals surface area contributed by atoms with Gasteiger partial charge in [-0.1, -0.05) is 53.2 Å². The molecule has 4 heterocycles. The molecule has 0 spiro atoms. The summed E-state index contributed by atoms with van der Waals surface area (Å²) in [5.41, 5.74) is 8.14. The lowest BCUT2D eigenvalue weighted by atomic mass is 9.78. The first-order valence-corrected chi connectivity index (χ1v) is 16.1. The molecule has 0 aliphatic carbocycles. The summed E-state index contributed by atoms with van der Waals surface area (Å²) in [5, 5.41) is 0. The second-order valence-electron chi connectivity index (χ2n) is 12.8. The third kappa shape index (κ3) is 5.48. The molecule has 2 atom stereocenters. The van der Waals surface area contributed by atoms with E-state index in [9.17, 15) is 8.42 Å². The monoisotopic (exact) mass is 533 g/mol. The van der Waals surface area contributed by atoms with E-state index < -0.39 is 9.84 Å². The van der Waals surface area contributed by atoms with Gasteiger partial charge in [-0.25, -0.2) is 13.4 Å². The second kappa shape index (κ2) is 10.3. The quantitative estimate of drug-likeness (QED) is 0.377. The molecule has 2 saturated heterocycles. The van der Waals surface area contributed by atoms with Crippen LogP contribution in [0.1, 0.15) is 95.2 Å². The zero-order valence-corrected chi connectivity index (χ0v) is 24.7. The van der Waals surface area contributed by atoms with Crippen molar-refractivity contribution in [2.75, 3.05) is 19.3 Å². The number of hydrogen-bond donors (Lipinski definition) is 1. The minimum atomic E-state index is -3.22. The third-order valence-corrected chi connectivity index (χ3v) is 9.60. The first-order valence-electron chi connectivity index (χ1n) is 14.2. The number of rotatable bonds is 5. The first-order chi connectivity index (χ1) is 17.9. The van der Waals surface area contributed by atoms with E-state index in [1.165, 1.54) is 62.7 Å². The van der Waals surface area contributed by atoms with Crippen molar-refractivity contribution in [1.82, 2.24) is 14.9 Å². The lowest BCUT2D eigenvalue weighted by Crippen LogP contribution is -2.45. The van der Waals surface area contributed by atoms with Gasteiger partial charge in [0, 0.05) is 29.0 Å². The van der Waals surface area contributed by atoms with Crippen LogP contribution >= 0.6 is 0 Å². The standard InChI is InChI=1S/C32H43N3O2S/c1-21(2)27(22-10-13-26(14-11-22)38(6,36)37)20-24-12-15-28-30(33-24)29(31(34-28)32(3,4)5)23-16-18-35-17-8-7-9-25(35)19-23/h10-15,20-21,23,25,34H,7-9,16-19H2,1-6H3. The van der Waals surface area contributed by atoms with Crippen LogP contribution in [0.4, 0.5) is 0 Å². The topological polar surface area (TPSA) is 66.1 Å². The maximum atomic E-state index is 11.9. The number of piperidine rings is 2. The summed E-state index contributed by atoms with van der Waals surface area (Å²) in [4.78, 5) is 12.1. The molecule has 0 bridgehead atoms. The number of aromatic amines is 1. The molecule has 5 rings (SSSR count). The number of fused-ring (bicyclic) bond motifs is 2. The van der Waals surface area contributed by atoms with Crippen molar-refractivity contribution < 1.29 is 8.42 Å². The molecule has 6 heteroatoms. The van der Waals surface area contributed by atoms with Gasteiger partial charge in [0.15, 0.2) is 9.84 Å². The van der Waals surface area contributed by atoms with Gasteiger partial charge in [0.05, 0.1) is 21.6 Å². The van der Waals surface area contributed by atoms with Gasteiger partial charge in [-0.15, -0.1) is 0 Å². The Hall–Kier alpha value is -2.44. The summed E-state index contributed by atoms with van der Waals surface area (Å²) in [7, 11) is -3.22. The van der Waals surface area contributed by atoms with E-state index in [1.54, 1.807) is 12.1 Å². The Morgan fingerprint density at radius 2 is 1.79 bits per heavy atom. The number of hydrogen-bond acceptors (Lipinski definition) is 4. The van der Waals surface area contributed by atoms with Crippen LogP contribution < -0.4 is 0 Å². The minimum absolute atomic E-state index is 0.0141. The van der Waals surface area contributed by atoms with Crippen LogP contribution in [0.5, 0.6) is 0 Å². The number of aromatic nitrogens is 2. The lowest BCUT2D eigenvalue weighted by molar-refractivity contribution is 0.0973. The zero-order valence-electron chi connectivity index (χ0n) is 23.8. The molecule has 38 heavy (non-hydrogen) atoms. The molecule has 2 aliphatic rings. The normalized spacial score (nSPS) is 21.7. The van der Waals surface area contributed by atoms with Crippen LogP contribution in [0.25, 0.3) is 22.7 Å².